The van der Waals surface area contributed by atoms with E-state index in [1.54, 1.807) is 19.2 Å². The normalized spacial score (nSPS) is 11.7. The lowest BCUT2D eigenvalue weighted by Gasteiger charge is -2.16. The molecule has 26 heavy (non-hydrogen) atoms. The fraction of sp³-hybridized carbons (Fsp3) is 0.200. The predicted octanol–water partition coefficient (Wildman–Crippen LogP) is 3.15. The van der Waals surface area contributed by atoms with Crippen molar-refractivity contribution in [3.8, 4) is 17.5 Å². The van der Waals surface area contributed by atoms with Crippen LogP contribution in [0, 0.1) is 0 Å². The average Bonchev–Trinajstić information content (AvgIpc) is 2.72. The molecule has 1 N–H and O–H groups in total. The molecule has 0 radical (unpaired) electrons. The second-order valence-electron chi connectivity index (χ2n) is 5.58. The number of hydrogen-bond acceptors (Lipinski definition) is 6. The lowest BCUT2D eigenvalue weighted by atomic mass is 10.0. The summed E-state index contributed by atoms with van der Waals surface area (Å²) < 4.78 is 16.2. The standard InChI is InChI=1S/C20H20N2O4/c1-24-18-9-8-16(26-13-14-6-4-3-5-7-14)10-17(18)19(23)15-11-21-20(25-2)22-12-15/h3-12,19,23H,13H2,1-2H3. The summed E-state index contributed by atoms with van der Waals surface area (Å²) >= 11 is 0. The largest absolute Gasteiger partial charge is 0.496 e. The third-order valence-electron chi connectivity index (χ3n) is 3.89. The summed E-state index contributed by atoms with van der Waals surface area (Å²) in [5.41, 5.74) is 2.17. The minimum Gasteiger partial charge on any atom is -0.496 e. The van der Waals surface area contributed by atoms with Crippen molar-refractivity contribution in [1.29, 1.82) is 0 Å². The molecule has 6 heteroatoms. The van der Waals surface area contributed by atoms with Crippen LogP contribution in [0.15, 0.2) is 60.9 Å². The van der Waals surface area contributed by atoms with Crippen LogP contribution < -0.4 is 14.2 Å². The summed E-state index contributed by atoms with van der Waals surface area (Å²) in [5.74, 6) is 1.19. The molecule has 0 aliphatic rings. The van der Waals surface area contributed by atoms with Crippen molar-refractivity contribution in [2.45, 2.75) is 12.7 Å². The van der Waals surface area contributed by atoms with E-state index in [-0.39, 0.29) is 6.01 Å². The number of benzene rings is 2. The van der Waals surface area contributed by atoms with E-state index < -0.39 is 6.10 Å². The fourth-order valence-corrected chi connectivity index (χ4v) is 2.51. The third-order valence-corrected chi connectivity index (χ3v) is 3.89. The van der Waals surface area contributed by atoms with Crippen LogP contribution in [0.25, 0.3) is 0 Å². The molecule has 1 aromatic heterocycles. The molecule has 3 rings (SSSR count). The minimum absolute atomic E-state index is 0.243. The first-order valence-electron chi connectivity index (χ1n) is 8.10. The predicted molar refractivity (Wildman–Crippen MR) is 96.4 cm³/mol. The van der Waals surface area contributed by atoms with Gasteiger partial charge in [0.1, 0.15) is 24.2 Å². The number of rotatable bonds is 7. The van der Waals surface area contributed by atoms with E-state index in [9.17, 15) is 5.11 Å². The second-order valence-corrected chi connectivity index (χ2v) is 5.58. The van der Waals surface area contributed by atoms with Gasteiger partial charge in [0, 0.05) is 23.5 Å². The number of aromatic nitrogens is 2. The molecule has 0 aliphatic carbocycles. The Morgan fingerprint density at radius 1 is 0.962 bits per heavy atom. The van der Waals surface area contributed by atoms with E-state index in [1.807, 2.05) is 36.4 Å². The highest BCUT2D eigenvalue weighted by atomic mass is 16.5. The Labute approximate surface area is 152 Å². The molecule has 0 saturated heterocycles. The van der Waals surface area contributed by atoms with Crippen LogP contribution in [-0.4, -0.2) is 29.3 Å². The summed E-state index contributed by atoms with van der Waals surface area (Å²) in [5, 5.41) is 10.7. The molecule has 6 nitrogen and oxygen atoms in total. The van der Waals surface area contributed by atoms with E-state index in [0.29, 0.717) is 29.2 Å². The van der Waals surface area contributed by atoms with Gasteiger partial charge in [-0.05, 0) is 23.8 Å². The Morgan fingerprint density at radius 3 is 2.35 bits per heavy atom. The maximum Gasteiger partial charge on any atom is 0.316 e. The van der Waals surface area contributed by atoms with Gasteiger partial charge in [0.25, 0.3) is 0 Å². The molecule has 1 heterocycles. The molecule has 3 aromatic rings. The van der Waals surface area contributed by atoms with Crippen molar-refractivity contribution in [3.05, 3.63) is 77.6 Å². The van der Waals surface area contributed by atoms with Crippen LogP contribution in [0.1, 0.15) is 22.8 Å². The van der Waals surface area contributed by atoms with Crippen molar-refractivity contribution < 1.29 is 19.3 Å². The van der Waals surface area contributed by atoms with Crippen LogP contribution in [0.3, 0.4) is 0 Å². The van der Waals surface area contributed by atoms with Gasteiger partial charge in [0.05, 0.1) is 14.2 Å². The highest BCUT2D eigenvalue weighted by molar-refractivity contribution is 5.44. The van der Waals surface area contributed by atoms with Gasteiger partial charge >= 0.3 is 6.01 Å². The van der Waals surface area contributed by atoms with E-state index in [1.165, 1.54) is 19.5 Å². The molecule has 0 spiro atoms. The summed E-state index contributed by atoms with van der Waals surface area (Å²) in [6.07, 6.45) is 2.09. The molecule has 0 fully saturated rings. The van der Waals surface area contributed by atoms with E-state index >= 15 is 0 Å². The van der Waals surface area contributed by atoms with Gasteiger partial charge < -0.3 is 19.3 Å². The van der Waals surface area contributed by atoms with E-state index in [0.717, 1.165) is 5.56 Å². The zero-order valence-corrected chi connectivity index (χ0v) is 14.6. The highest BCUT2D eigenvalue weighted by Crippen LogP contribution is 2.33. The molecule has 0 saturated carbocycles. The number of ether oxygens (including phenoxy) is 3. The van der Waals surface area contributed by atoms with Crippen LogP contribution in [-0.2, 0) is 6.61 Å². The quantitative estimate of drug-likeness (QED) is 0.704. The highest BCUT2D eigenvalue weighted by Gasteiger charge is 2.18. The molecule has 2 aromatic carbocycles. The van der Waals surface area contributed by atoms with Gasteiger partial charge in [0.2, 0.25) is 0 Å². The van der Waals surface area contributed by atoms with Crippen molar-refractivity contribution in [2.24, 2.45) is 0 Å². The molecule has 0 amide bonds. The average molecular weight is 352 g/mol. The third kappa shape index (κ3) is 4.10. The van der Waals surface area contributed by atoms with Gasteiger partial charge in [-0.3, -0.25) is 0 Å². The second kappa shape index (κ2) is 8.31. The maximum atomic E-state index is 10.7. The van der Waals surface area contributed by atoms with Crippen LogP contribution in [0.2, 0.25) is 0 Å². The van der Waals surface area contributed by atoms with Crippen LogP contribution in [0.5, 0.6) is 17.5 Å². The smallest absolute Gasteiger partial charge is 0.316 e. The molecule has 0 bridgehead atoms. The number of methoxy groups -OCH3 is 2. The van der Waals surface area contributed by atoms with Crippen molar-refractivity contribution in [3.63, 3.8) is 0 Å². The van der Waals surface area contributed by atoms with Crippen molar-refractivity contribution in [2.75, 3.05) is 14.2 Å². The number of hydrogen-bond donors (Lipinski definition) is 1. The Hall–Kier alpha value is -3.12. The van der Waals surface area contributed by atoms with Gasteiger partial charge in [-0.25, -0.2) is 9.97 Å². The monoisotopic (exact) mass is 352 g/mol. The summed E-state index contributed by atoms with van der Waals surface area (Å²) in [6.45, 7) is 0.439. The zero-order chi connectivity index (χ0) is 18.4. The Kier molecular flexibility index (Phi) is 5.66. The van der Waals surface area contributed by atoms with Crippen molar-refractivity contribution >= 4 is 0 Å². The minimum atomic E-state index is -0.948. The number of nitrogens with zero attached hydrogens (tertiary/aromatic N) is 2. The first-order valence-corrected chi connectivity index (χ1v) is 8.10. The van der Waals surface area contributed by atoms with Crippen LogP contribution >= 0.6 is 0 Å². The lowest BCUT2D eigenvalue weighted by molar-refractivity contribution is 0.212. The molecule has 1 unspecified atom stereocenters. The van der Waals surface area contributed by atoms with Crippen molar-refractivity contribution in [1.82, 2.24) is 9.97 Å². The Balaban J connectivity index is 1.82. The first kappa shape index (κ1) is 17.7. The van der Waals surface area contributed by atoms with Gasteiger partial charge in [-0.15, -0.1) is 0 Å². The number of aliphatic hydroxyl groups is 1. The topological polar surface area (TPSA) is 73.7 Å². The fourth-order valence-electron chi connectivity index (χ4n) is 2.51. The molecule has 1 atom stereocenters. The Morgan fingerprint density at radius 2 is 1.69 bits per heavy atom. The first-order chi connectivity index (χ1) is 12.7. The SMILES string of the molecule is COc1ncc(C(O)c2cc(OCc3ccccc3)ccc2OC)cn1. The maximum absolute atomic E-state index is 10.7. The Bertz CT molecular complexity index is 838. The zero-order valence-electron chi connectivity index (χ0n) is 14.6. The van der Waals surface area contributed by atoms with Gasteiger partial charge in [-0.2, -0.15) is 0 Å². The van der Waals surface area contributed by atoms with Gasteiger partial charge in [-0.1, -0.05) is 30.3 Å². The van der Waals surface area contributed by atoms with E-state index in [2.05, 4.69) is 9.97 Å². The summed E-state index contributed by atoms with van der Waals surface area (Å²) in [4.78, 5) is 8.06. The summed E-state index contributed by atoms with van der Waals surface area (Å²) in [6, 6.07) is 15.5. The lowest BCUT2D eigenvalue weighted by Crippen LogP contribution is -2.05. The van der Waals surface area contributed by atoms with E-state index in [4.69, 9.17) is 14.2 Å². The molecule has 134 valence electrons. The van der Waals surface area contributed by atoms with Crippen LogP contribution in [0.4, 0.5) is 0 Å². The molecular formula is C20H20N2O4. The summed E-state index contributed by atoms with van der Waals surface area (Å²) in [7, 11) is 3.04. The number of aliphatic hydroxyl groups excluding tert-OH is 1. The van der Waals surface area contributed by atoms with Gasteiger partial charge in [0.15, 0.2) is 0 Å². The molecule has 0 aliphatic heterocycles. The molecular weight excluding hydrogens is 332 g/mol.